The van der Waals surface area contributed by atoms with Gasteiger partial charge in [-0.1, -0.05) is 0 Å². The van der Waals surface area contributed by atoms with Crippen LogP contribution >= 0.6 is 11.8 Å². The van der Waals surface area contributed by atoms with Crippen LogP contribution < -0.4 is 0 Å². The van der Waals surface area contributed by atoms with Crippen molar-refractivity contribution in [3.8, 4) is 0 Å². The smallest absolute Gasteiger partial charge is 0.313 e. The van der Waals surface area contributed by atoms with E-state index in [1.165, 1.54) is 11.8 Å². The van der Waals surface area contributed by atoms with E-state index in [1.54, 1.807) is 0 Å². The molecule has 0 aromatic rings. The predicted molar refractivity (Wildman–Crippen MR) is 43.9 cm³/mol. The van der Waals surface area contributed by atoms with Crippen LogP contribution in [0.15, 0.2) is 0 Å². The summed E-state index contributed by atoms with van der Waals surface area (Å²) < 4.78 is 5.32. The molecule has 0 spiro atoms. The number of hydrogen-bond donors (Lipinski definition) is 1. The van der Waals surface area contributed by atoms with E-state index in [4.69, 9.17) is 9.84 Å². The first kappa shape index (κ1) is 8.87. The van der Waals surface area contributed by atoms with Crippen molar-refractivity contribution < 1.29 is 14.6 Å². The van der Waals surface area contributed by atoms with Crippen molar-refractivity contribution in [3.63, 3.8) is 0 Å². The Hall–Kier alpha value is -0.220. The van der Waals surface area contributed by atoms with E-state index in [2.05, 4.69) is 0 Å². The quantitative estimate of drug-likeness (QED) is 0.693. The minimum absolute atomic E-state index is 0.194. The van der Waals surface area contributed by atoms with Gasteiger partial charge in [0.25, 0.3) is 0 Å². The Balaban J connectivity index is 1.98. The van der Waals surface area contributed by atoms with Crippen molar-refractivity contribution in [1.29, 1.82) is 0 Å². The number of hydrogen-bond acceptors (Lipinski definition) is 3. The van der Waals surface area contributed by atoms with E-state index in [1.807, 2.05) is 0 Å². The lowest BCUT2D eigenvalue weighted by Crippen LogP contribution is -2.10. The van der Waals surface area contributed by atoms with Gasteiger partial charge in [-0.25, -0.2) is 0 Å². The lowest BCUT2D eigenvalue weighted by Gasteiger charge is -2.06. The maximum atomic E-state index is 10.1. The summed E-state index contributed by atoms with van der Waals surface area (Å²) in [5, 5.41) is 8.33. The standard InChI is InChI=1S/C7H12O3S/c8-7(9)5-11-4-6-2-1-3-10-6/h6H,1-5H2,(H,8,9)/t6-/m0/s1. The van der Waals surface area contributed by atoms with Crippen LogP contribution in [-0.2, 0) is 9.53 Å². The van der Waals surface area contributed by atoms with Crippen LogP contribution in [-0.4, -0.2) is 35.3 Å². The van der Waals surface area contributed by atoms with E-state index >= 15 is 0 Å². The van der Waals surface area contributed by atoms with Gasteiger partial charge in [-0.05, 0) is 12.8 Å². The average molecular weight is 176 g/mol. The van der Waals surface area contributed by atoms with Gasteiger partial charge in [0.1, 0.15) is 0 Å². The molecule has 3 nitrogen and oxygen atoms in total. The van der Waals surface area contributed by atoms with Gasteiger partial charge in [-0.15, -0.1) is 11.8 Å². The van der Waals surface area contributed by atoms with Crippen LogP contribution in [0.2, 0.25) is 0 Å². The largest absolute Gasteiger partial charge is 0.481 e. The molecule has 0 aromatic heterocycles. The highest BCUT2D eigenvalue weighted by Crippen LogP contribution is 2.16. The fourth-order valence-corrected chi connectivity index (χ4v) is 1.87. The average Bonchev–Trinajstić information content (AvgIpc) is 2.39. The highest BCUT2D eigenvalue weighted by molar-refractivity contribution is 7.99. The minimum atomic E-state index is -0.743. The SMILES string of the molecule is O=C(O)CSC[C@@H]1CCCO1. The summed E-state index contributed by atoms with van der Waals surface area (Å²) in [5.41, 5.74) is 0. The van der Waals surface area contributed by atoms with Crippen molar-refractivity contribution in [2.24, 2.45) is 0 Å². The van der Waals surface area contributed by atoms with Crippen LogP contribution in [0.1, 0.15) is 12.8 Å². The minimum Gasteiger partial charge on any atom is -0.481 e. The van der Waals surface area contributed by atoms with Gasteiger partial charge in [-0.3, -0.25) is 4.79 Å². The molecule has 0 aliphatic carbocycles. The maximum absolute atomic E-state index is 10.1. The van der Waals surface area contributed by atoms with Gasteiger partial charge in [0.05, 0.1) is 11.9 Å². The number of carboxylic acid groups (broad SMARTS) is 1. The second-order valence-electron chi connectivity index (χ2n) is 2.54. The highest BCUT2D eigenvalue weighted by atomic mass is 32.2. The molecule has 1 atom stereocenters. The number of carbonyl (C=O) groups is 1. The van der Waals surface area contributed by atoms with Crippen molar-refractivity contribution in [2.45, 2.75) is 18.9 Å². The van der Waals surface area contributed by atoms with E-state index in [0.717, 1.165) is 25.2 Å². The third kappa shape index (κ3) is 3.62. The summed E-state index contributed by atoms with van der Waals surface area (Å²) in [6, 6.07) is 0. The zero-order valence-corrected chi connectivity index (χ0v) is 7.10. The second kappa shape index (κ2) is 4.62. The van der Waals surface area contributed by atoms with Crippen molar-refractivity contribution in [1.82, 2.24) is 0 Å². The molecule has 0 radical (unpaired) electrons. The van der Waals surface area contributed by atoms with Gasteiger partial charge in [0.2, 0.25) is 0 Å². The third-order valence-electron chi connectivity index (χ3n) is 1.55. The van der Waals surface area contributed by atoms with Gasteiger partial charge >= 0.3 is 5.97 Å². The molecule has 11 heavy (non-hydrogen) atoms. The number of aliphatic carboxylic acids is 1. The highest BCUT2D eigenvalue weighted by Gasteiger charge is 2.15. The van der Waals surface area contributed by atoms with E-state index in [-0.39, 0.29) is 5.75 Å². The molecule has 0 bridgehead atoms. The Bertz CT molecular complexity index is 132. The number of thioether (sulfide) groups is 1. The first-order valence-electron chi connectivity index (χ1n) is 3.70. The molecule has 4 heteroatoms. The molecular formula is C7H12O3S. The molecule has 1 N–H and O–H groups in total. The van der Waals surface area contributed by atoms with E-state index in [0.29, 0.717) is 6.10 Å². The Morgan fingerprint density at radius 1 is 1.73 bits per heavy atom. The molecule has 1 fully saturated rings. The fourth-order valence-electron chi connectivity index (χ4n) is 1.05. The number of carboxylic acids is 1. The number of ether oxygens (including phenoxy) is 1. The molecule has 1 aliphatic rings. The van der Waals surface area contributed by atoms with Crippen LogP contribution in [0.5, 0.6) is 0 Å². The summed E-state index contributed by atoms with van der Waals surface area (Å²) in [4.78, 5) is 10.1. The topological polar surface area (TPSA) is 46.5 Å². The van der Waals surface area contributed by atoms with Crippen molar-refractivity contribution >= 4 is 17.7 Å². The normalized spacial score (nSPS) is 23.8. The van der Waals surface area contributed by atoms with Crippen LogP contribution in [0.4, 0.5) is 0 Å². The molecule has 0 aromatic carbocycles. The molecule has 0 unspecified atom stereocenters. The summed E-state index contributed by atoms with van der Waals surface area (Å²) in [6.45, 7) is 0.846. The van der Waals surface area contributed by atoms with Gasteiger partial charge in [-0.2, -0.15) is 0 Å². The Morgan fingerprint density at radius 2 is 2.55 bits per heavy atom. The zero-order valence-electron chi connectivity index (χ0n) is 6.28. The molecule has 1 saturated heterocycles. The van der Waals surface area contributed by atoms with Gasteiger partial charge in [0.15, 0.2) is 0 Å². The third-order valence-corrected chi connectivity index (χ3v) is 2.61. The number of rotatable bonds is 4. The summed E-state index contributed by atoms with van der Waals surface area (Å²) in [6.07, 6.45) is 2.52. The molecular weight excluding hydrogens is 164 g/mol. The Kier molecular flexibility index (Phi) is 3.72. The van der Waals surface area contributed by atoms with Crippen LogP contribution in [0.25, 0.3) is 0 Å². The summed E-state index contributed by atoms with van der Waals surface area (Å²) >= 11 is 1.43. The Labute approximate surface area is 70.1 Å². The van der Waals surface area contributed by atoms with E-state index < -0.39 is 5.97 Å². The molecule has 1 heterocycles. The van der Waals surface area contributed by atoms with Crippen LogP contribution in [0, 0.1) is 0 Å². The zero-order chi connectivity index (χ0) is 8.10. The lowest BCUT2D eigenvalue weighted by molar-refractivity contribution is -0.133. The molecule has 1 aliphatic heterocycles. The van der Waals surface area contributed by atoms with Gasteiger partial charge < -0.3 is 9.84 Å². The summed E-state index contributed by atoms with van der Waals surface area (Å²) in [5.74, 6) is 0.277. The monoisotopic (exact) mass is 176 g/mol. The van der Waals surface area contributed by atoms with Crippen molar-refractivity contribution in [2.75, 3.05) is 18.1 Å². The fraction of sp³-hybridized carbons (Fsp3) is 0.857. The first-order valence-corrected chi connectivity index (χ1v) is 4.85. The molecule has 64 valence electrons. The molecule has 1 rings (SSSR count). The first-order chi connectivity index (χ1) is 5.29. The van der Waals surface area contributed by atoms with Crippen molar-refractivity contribution in [3.05, 3.63) is 0 Å². The lowest BCUT2D eigenvalue weighted by atomic mass is 10.3. The second-order valence-corrected chi connectivity index (χ2v) is 3.57. The summed E-state index contributed by atoms with van der Waals surface area (Å²) in [7, 11) is 0. The predicted octanol–water partition coefficient (Wildman–Crippen LogP) is 0.983. The van der Waals surface area contributed by atoms with Gasteiger partial charge in [0, 0.05) is 12.4 Å². The molecule has 0 saturated carbocycles. The van der Waals surface area contributed by atoms with Crippen LogP contribution in [0.3, 0.4) is 0 Å². The van der Waals surface area contributed by atoms with E-state index in [9.17, 15) is 4.79 Å². The molecule has 0 amide bonds. The maximum Gasteiger partial charge on any atom is 0.313 e. The Morgan fingerprint density at radius 3 is 3.09 bits per heavy atom.